The number of rotatable bonds is 4. The van der Waals surface area contributed by atoms with Gasteiger partial charge in [-0.1, -0.05) is 23.7 Å². The Morgan fingerprint density at radius 3 is 2.61 bits per heavy atom. The van der Waals surface area contributed by atoms with Gasteiger partial charge >= 0.3 is 0 Å². The molecular weight excluding hydrogens is 402 g/mol. The van der Waals surface area contributed by atoms with E-state index in [1.165, 1.54) is 23.5 Å². The molecule has 4 nitrogen and oxygen atoms in total. The van der Waals surface area contributed by atoms with Crippen LogP contribution in [0.1, 0.15) is 5.69 Å². The van der Waals surface area contributed by atoms with Gasteiger partial charge in [0, 0.05) is 28.2 Å². The standard InChI is InChI=1S/C20H13ClF2N4S/c21-14-5-3-13(4-6-14)19-12-28-20(26-18-8-7-15(22)10-17(18)23)27(19)25-11-16-2-1-9-24-16/h1-12,24H. The highest BCUT2D eigenvalue weighted by molar-refractivity contribution is 7.07. The van der Waals surface area contributed by atoms with Gasteiger partial charge < -0.3 is 4.98 Å². The highest BCUT2D eigenvalue weighted by atomic mass is 35.5. The first-order chi connectivity index (χ1) is 13.6. The Balaban J connectivity index is 1.86. The Morgan fingerprint density at radius 1 is 1.07 bits per heavy atom. The number of H-pyrrole nitrogens is 1. The lowest BCUT2D eigenvalue weighted by Crippen LogP contribution is -2.11. The molecule has 1 N–H and O–H groups in total. The van der Waals surface area contributed by atoms with E-state index >= 15 is 0 Å². The number of nitrogens with one attached hydrogen (secondary N) is 1. The lowest BCUT2D eigenvalue weighted by atomic mass is 10.2. The van der Waals surface area contributed by atoms with E-state index in [2.05, 4.69) is 15.1 Å². The van der Waals surface area contributed by atoms with Crippen LogP contribution in [-0.2, 0) is 0 Å². The van der Waals surface area contributed by atoms with Crippen LogP contribution in [0.25, 0.3) is 11.3 Å². The molecule has 0 aliphatic rings. The van der Waals surface area contributed by atoms with E-state index in [-0.39, 0.29) is 5.69 Å². The molecule has 4 aromatic rings. The fourth-order valence-corrected chi connectivity index (χ4v) is 3.50. The quantitative estimate of drug-likeness (QED) is 0.423. The predicted molar refractivity (Wildman–Crippen MR) is 108 cm³/mol. The van der Waals surface area contributed by atoms with Crippen LogP contribution in [0, 0.1) is 11.6 Å². The third-order valence-electron chi connectivity index (χ3n) is 3.89. The van der Waals surface area contributed by atoms with Crippen molar-refractivity contribution in [3.05, 3.63) is 93.3 Å². The normalized spacial score (nSPS) is 12.2. The molecule has 2 aromatic heterocycles. The number of nitrogens with zero attached hydrogens (tertiary/aromatic N) is 3. The largest absolute Gasteiger partial charge is 0.360 e. The molecule has 0 amide bonds. The molecule has 0 spiro atoms. The van der Waals surface area contributed by atoms with Crippen LogP contribution < -0.4 is 4.80 Å². The monoisotopic (exact) mass is 414 g/mol. The number of halogens is 3. The van der Waals surface area contributed by atoms with Gasteiger partial charge in [0.1, 0.15) is 11.5 Å². The minimum Gasteiger partial charge on any atom is -0.360 e. The first kappa shape index (κ1) is 18.3. The van der Waals surface area contributed by atoms with E-state index in [1.54, 1.807) is 29.2 Å². The third kappa shape index (κ3) is 3.95. The van der Waals surface area contributed by atoms with Crippen molar-refractivity contribution < 1.29 is 8.78 Å². The molecule has 0 saturated heterocycles. The van der Waals surface area contributed by atoms with Gasteiger partial charge in [0.15, 0.2) is 5.82 Å². The van der Waals surface area contributed by atoms with Crippen molar-refractivity contribution in [2.24, 2.45) is 10.1 Å². The zero-order valence-corrected chi connectivity index (χ0v) is 15.9. The first-order valence-corrected chi connectivity index (χ1v) is 9.50. The maximum atomic E-state index is 14.1. The summed E-state index contributed by atoms with van der Waals surface area (Å²) in [7, 11) is 0. The molecular formula is C20H13ClF2N4S. The Kier molecular flexibility index (Phi) is 5.18. The van der Waals surface area contributed by atoms with Crippen molar-refractivity contribution in [3.63, 3.8) is 0 Å². The van der Waals surface area contributed by atoms with E-state index in [0.29, 0.717) is 9.82 Å². The summed E-state index contributed by atoms with van der Waals surface area (Å²) < 4.78 is 28.8. The van der Waals surface area contributed by atoms with Crippen molar-refractivity contribution in [2.75, 3.05) is 0 Å². The molecule has 0 aliphatic heterocycles. The second-order valence-electron chi connectivity index (χ2n) is 5.80. The summed E-state index contributed by atoms with van der Waals surface area (Å²) in [6.45, 7) is 0. The number of aromatic nitrogens is 2. The van der Waals surface area contributed by atoms with Crippen LogP contribution in [0.5, 0.6) is 0 Å². The van der Waals surface area contributed by atoms with Crippen molar-refractivity contribution in [1.82, 2.24) is 9.66 Å². The average Bonchev–Trinajstić information content (AvgIpc) is 3.33. The number of aromatic amines is 1. The van der Waals surface area contributed by atoms with Crippen LogP contribution in [0.3, 0.4) is 0 Å². The van der Waals surface area contributed by atoms with Gasteiger partial charge in [0.05, 0.1) is 17.6 Å². The van der Waals surface area contributed by atoms with Gasteiger partial charge in [-0.05, 0) is 36.4 Å². The zero-order valence-electron chi connectivity index (χ0n) is 14.3. The van der Waals surface area contributed by atoms with Crippen molar-refractivity contribution in [3.8, 4) is 11.3 Å². The predicted octanol–water partition coefficient (Wildman–Crippen LogP) is 5.59. The SMILES string of the molecule is Fc1ccc(N=c2scc(-c3ccc(Cl)cc3)n2N=Cc2ccc[nH]2)c(F)c1. The Labute approximate surface area is 168 Å². The van der Waals surface area contributed by atoms with Crippen LogP contribution in [0.4, 0.5) is 14.5 Å². The number of thiazole rings is 1. The lowest BCUT2D eigenvalue weighted by molar-refractivity contribution is 0.584. The molecule has 0 aliphatic carbocycles. The average molecular weight is 415 g/mol. The summed E-state index contributed by atoms with van der Waals surface area (Å²) in [6.07, 6.45) is 3.44. The molecule has 0 saturated carbocycles. The van der Waals surface area contributed by atoms with Crippen LogP contribution in [0.15, 0.2) is 76.3 Å². The Hall–Kier alpha value is -3.03. The van der Waals surface area contributed by atoms with Gasteiger partial charge in [0.25, 0.3) is 0 Å². The highest BCUT2D eigenvalue weighted by Gasteiger charge is 2.09. The molecule has 0 unspecified atom stereocenters. The molecule has 0 atom stereocenters. The molecule has 28 heavy (non-hydrogen) atoms. The van der Waals surface area contributed by atoms with Crippen LogP contribution in [-0.4, -0.2) is 15.9 Å². The first-order valence-electron chi connectivity index (χ1n) is 8.24. The second kappa shape index (κ2) is 7.92. The van der Waals surface area contributed by atoms with Crippen molar-refractivity contribution in [1.29, 1.82) is 0 Å². The van der Waals surface area contributed by atoms with Crippen LogP contribution >= 0.6 is 22.9 Å². The van der Waals surface area contributed by atoms with E-state index in [4.69, 9.17) is 11.6 Å². The smallest absolute Gasteiger partial charge is 0.211 e. The van der Waals surface area contributed by atoms with Gasteiger partial charge in [-0.2, -0.15) is 5.10 Å². The van der Waals surface area contributed by atoms with Gasteiger partial charge in [-0.3, -0.25) is 0 Å². The van der Waals surface area contributed by atoms with E-state index in [1.807, 2.05) is 29.6 Å². The molecule has 2 aromatic carbocycles. The molecule has 8 heteroatoms. The van der Waals surface area contributed by atoms with Gasteiger partial charge in [0.2, 0.25) is 4.80 Å². The summed E-state index contributed by atoms with van der Waals surface area (Å²) in [5.41, 5.74) is 2.49. The van der Waals surface area contributed by atoms with Gasteiger partial charge in [-0.25, -0.2) is 18.4 Å². The molecule has 140 valence electrons. The highest BCUT2D eigenvalue weighted by Crippen LogP contribution is 2.23. The summed E-state index contributed by atoms with van der Waals surface area (Å²) in [5, 5.41) is 6.99. The maximum absolute atomic E-state index is 14.1. The molecule has 0 bridgehead atoms. The topological polar surface area (TPSA) is 45.4 Å². The Bertz CT molecular complexity index is 1190. The summed E-state index contributed by atoms with van der Waals surface area (Å²) >= 11 is 7.28. The fraction of sp³-hybridized carbons (Fsp3) is 0. The number of benzene rings is 2. The lowest BCUT2D eigenvalue weighted by Gasteiger charge is -2.04. The van der Waals surface area contributed by atoms with E-state index in [0.717, 1.165) is 23.0 Å². The number of hydrogen-bond donors (Lipinski definition) is 1. The summed E-state index contributed by atoms with van der Waals surface area (Å²) in [5.74, 6) is -1.39. The van der Waals surface area contributed by atoms with Crippen molar-refractivity contribution in [2.45, 2.75) is 0 Å². The van der Waals surface area contributed by atoms with Crippen molar-refractivity contribution >= 4 is 34.8 Å². The minimum atomic E-state index is -0.735. The van der Waals surface area contributed by atoms with E-state index < -0.39 is 11.6 Å². The van der Waals surface area contributed by atoms with E-state index in [9.17, 15) is 8.78 Å². The zero-order chi connectivity index (χ0) is 19.5. The third-order valence-corrected chi connectivity index (χ3v) is 4.95. The summed E-state index contributed by atoms with van der Waals surface area (Å²) in [6, 6.07) is 14.3. The van der Waals surface area contributed by atoms with Crippen LogP contribution in [0.2, 0.25) is 5.02 Å². The molecule has 0 fully saturated rings. The second-order valence-corrected chi connectivity index (χ2v) is 7.07. The molecule has 2 heterocycles. The Morgan fingerprint density at radius 2 is 1.89 bits per heavy atom. The minimum absolute atomic E-state index is 0.0368. The number of hydrogen-bond acceptors (Lipinski definition) is 3. The molecule has 0 radical (unpaired) electrons. The molecule has 4 rings (SSSR count). The maximum Gasteiger partial charge on any atom is 0.211 e. The summed E-state index contributed by atoms with van der Waals surface area (Å²) in [4.78, 5) is 7.82. The van der Waals surface area contributed by atoms with Gasteiger partial charge in [-0.15, -0.1) is 11.3 Å². The fourth-order valence-electron chi connectivity index (χ4n) is 2.53.